The van der Waals surface area contributed by atoms with Gasteiger partial charge in [-0.1, -0.05) is 0 Å². The third kappa shape index (κ3) is 3.37. The first-order valence-electron chi connectivity index (χ1n) is 9.11. The Balaban J connectivity index is 1.47. The Morgan fingerprint density at radius 1 is 1.33 bits per heavy atom. The van der Waals surface area contributed by atoms with E-state index in [0.717, 1.165) is 10.7 Å². The van der Waals surface area contributed by atoms with Gasteiger partial charge in [-0.3, -0.25) is 19.0 Å². The zero-order chi connectivity index (χ0) is 19.0. The molecule has 144 valence electrons. The van der Waals surface area contributed by atoms with Crippen molar-refractivity contribution >= 4 is 33.4 Å². The van der Waals surface area contributed by atoms with Crippen molar-refractivity contribution in [2.45, 2.75) is 19.4 Å². The molecule has 0 spiro atoms. The average molecular weight is 390 g/mol. The molecule has 2 aromatic rings. The predicted octanol–water partition coefficient (Wildman–Crippen LogP) is 0.338. The Kier molecular flexibility index (Phi) is 4.96. The first-order valence-corrected chi connectivity index (χ1v) is 9.99. The Labute approximate surface area is 160 Å². The minimum atomic E-state index is -0.316. The van der Waals surface area contributed by atoms with Crippen LogP contribution in [-0.4, -0.2) is 71.1 Å². The van der Waals surface area contributed by atoms with Crippen LogP contribution in [0.3, 0.4) is 0 Å². The highest BCUT2D eigenvalue weighted by Gasteiger charge is 2.36. The van der Waals surface area contributed by atoms with Gasteiger partial charge in [0.05, 0.1) is 17.9 Å². The van der Waals surface area contributed by atoms with Gasteiger partial charge in [-0.25, -0.2) is 4.98 Å². The molecule has 0 saturated carbocycles. The average Bonchev–Trinajstić information content (AvgIpc) is 3.21. The molecule has 2 amide bonds. The van der Waals surface area contributed by atoms with Gasteiger partial charge in [0.15, 0.2) is 0 Å². The summed E-state index contributed by atoms with van der Waals surface area (Å²) in [6.45, 7) is 2.85. The molecule has 4 rings (SSSR count). The van der Waals surface area contributed by atoms with Crippen LogP contribution in [0.15, 0.2) is 16.2 Å². The molecule has 8 nitrogen and oxygen atoms in total. The Bertz CT molecular complexity index is 937. The van der Waals surface area contributed by atoms with Crippen LogP contribution in [0.1, 0.15) is 12.2 Å². The normalized spacial score (nSPS) is 20.2. The van der Waals surface area contributed by atoms with Crippen molar-refractivity contribution in [3.8, 4) is 0 Å². The van der Waals surface area contributed by atoms with Crippen LogP contribution in [0.2, 0.25) is 0 Å². The summed E-state index contributed by atoms with van der Waals surface area (Å²) in [4.78, 5) is 46.6. The number of hydrogen-bond acceptors (Lipinski definition) is 6. The van der Waals surface area contributed by atoms with Crippen molar-refractivity contribution in [1.82, 2.24) is 19.4 Å². The fraction of sp³-hybridized carbons (Fsp3) is 0.556. The fourth-order valence-corrected chi connectivity index (χ4v) is 4.59. The largest absolute Gasteiger partial charge is 0.383 e. The summed E-state index contributed by atoms with van der Waals surface area (Å²) in [5.41, 5.74) is -0.0349. The number of likely N-dealkylation sites (tertiary alicyclic amines) is 1. The summed E-state index contributed by atoms with van der Waals surface area (Å²) in [6.07, 6.45) is 0.794. The summed E-state index contributed by atoms with van der Waals surface area (Å²) in [5, 5.41) is 2.51. The maximum atomic E-state index is 12.9. The molecule has 4 heterocycles. The van der Waals surface area contributed by atoms with Crippen molar-refractivity contribution in [1.29, 1.82) is 0 Å². The van der Waals surface area contributed by atoms with Gasteiger partial charge in [0.1, 0.15) is 10.7 Å². The molecule has 9 heteroatoms. The molecule has 1 atom stereocenters. The lowest BCUT2D eigenvalue weighted by molar-refractivity contribution is -0.135. The second-order valence-corrected chi connectivity index (χ2v) is 7.83. The number of aromatic nitrogens is 2. The molecule has 2 aliphatic heterocycles. The lowest BCUT2D eigenvalue weighted by atomic mass is 10.1. The monoisotopic (exact) mass is 390 g/mol. The van der Waals surface area contributed by atoms with E-state index in [1.54, 1.807) is 27.5 Å². The number of carbonyl (C=O) groups is 2. The first kappa shape index (κ1) is 18.1. The van der Waals surface area contributed by atoms with E-state index in [9.17, 15) is 14.4 Å². The van der Waals surface area contributed by atoms with Crippen LogP contribution in [-0.2, 0) is 27.3 Å². The number of thiophene rings is 1. The molecular formula is C18H22N4O4S. The van der Waals surface area contributed by atoms with E-state index in [-0.39, 0.29) is 29.7 Å². The second-order valence-electron chi connectivity index (χ2n) is 6.93. The minimum absolute atomic E-state index is 0.00151. The molecule has 1 fully saturated rings. The van der Waals surface area contributed by atoms with E-state index in [4.69, 9.17) is 4.74 Å². The van der Waals surface area contributed by atoms with Gasteiger partial charge in [-0.2, -0.15) is 0 Å². The topological polar surface area (TPSA) is 84.7 Å². The predicted molar refractivity (Wildman–Crippen MR) is 101 cm³/mol. The molecule has 27 heavy (non-hydrogen) atoms. The van der Waals surface area contributed by atoms with Crippen LogP contribution >= 0.6 is 11.3 Å². The first-order chi connectivity index (χ1) is 13.1. The van der Waals surface area contributed by atoms with Crippen molar-refractivity contribution in [2.75, 3.05) is 39.9 Å². The third-order valence-corrected chi connectivity index (χ3v) is 6.11. The molecule has 2 aromatic heterocycles. The van der Waals surface area contributed by atoms with Gasteiger partial charge < -0.3 is 14.5 Å². The third-order valence-electron chi connectivity index (χ3n) is 5.30. The second kappa shape index (κ2) is 7.40. The van der Waals surface area contributed by atoms with Crippen LogP contribution in [0, 0.1) is 5.92 Å². The number of fused-ring (bicyclic) bond motifs is 2. The Morgan fingerprint density at radius 3 is 3.00 bits per heavy atom. The highest BCUT2D eigenvalue weighted by Crippen LogP contribution is 2.22. The summed E-state index contributed by atoms with van der Waals surface area (Å²) < 4.78 is 6.71. The SMILES string of the molecule is COCCN1CC(C(=O)N2CCc3nc4sccc4c(=O)n3CC2)CC1=O. The molecule has 2 aliphatic rings. The van der Waals surface area contributed by atoms with Crippen LogP contribution in [0.25, 0.3) is 10.2 Å². The molecule has 0 aliphatic carbocycles. The molecule has 1 saturated heterocycles. The van der Waals surface area contributed by atoms with E-state index < -0.39 is 0 Å². The van der Waals surface area contributed by atoms with Gasteiger partial charge in [0, 0.05) is 52.7 Å². The molecule has 0 bridgehead atoms. The number of rotatable bonds is 4. The number of ether oxygens (including phenoxy) is 1. The number of nitrogens with zero attached hydrogens (tertiary/aromatic N) is 4. The quantitative estimate of drug-likeness (QED) is 0.752. The summed E-state index contributed by atoms with van der Waals surface area (Å²) in [5.74, 6) is 0.408. The van der Waals surface area contributed by atoms with E-state index in [0.29, 0.717) is 51.1 Å². The zero-order valence-electron chi connectivity index (χ0n) is 15.2. The highest BCUT2D eigenvalue weighted by molar-refractivity contribution is 7.16. The molecular weight excluding hydrogens is 368 g/mol. The maximum absolute atomic E-state index is 12.9. The molecule has 0 radical (unpaired) electrons. The lowest BCUT2D eigenvalue weighted by Gasteiger charge is -2.23. The van der Waals surface area contributed by atoms with Gasteiger partial charge in [0.25, 0.3) is 5.56 Å². The fourth-order valence-electron chi connectivity index (χ4n) is 3.81. The Hall–Kier alpha value is -2.26. The van der Waals surface area contributed by atoms with Crippen molar-refractivity contribution in [3.63, 3.8) is 0 Å². The Morgan fingerprint density at radius 2 is 2.19 bits per heavy atom. The van der Waals surface area contributed by atoms with E-state index in [1.807, 2.05) is 5.38 Å². The van der Waals surface area contributed by atoms with Gasteiger partial charge >= 0.3 is 0 Å². The highest BCUT2D eigenvalue weighted by atomic mass is 32.1. The minimum Gasteiger partial charge on any atom is -0.383 e. The van der Waals surface area contributed by atoms with Gasteiger partial charge in [-0.15, -0.1) is 11.3 Å². The number of methoxy groups -OCH3 is 1. The van der Waals surface area contributed by atoms with Crippen LogP contribution in [0.5, 0.6) is 0 Å². The lowest BCUT2D eigenvalue weighted by Crippen LogP contribution is -2.39. The molecule has 1 unspecified atom stereocenters. The van der Waals surface area contributed by atoms with Crippen molar-refractivity contribution < 1.29 is 14.3 Å². The van der Waals surface area contributed by atoms with Gasteiger partial charge in [-0.05, 0) is 11.4 Å². The molecule has 0 aromatic carbocycles. The van der Waals surface area contributed by atoms with E-state index >= 15 is 0 Å². The van der Waals surface area contributed by atoms with Crippen molar-refractivity contribution in [2.24, 2.45) is 5.92 Å². The van der Waals surface area contributed by atoms with E-state index in [2.05, 4.69) is 4.98 Å². The number of amides is 2. The number of hydrogen-bond donors (Lipinski definition) is 0. The number of carbonyl (C=O) groups excluding carboxylic acids is 2. The van der Waals surface area contributed by atoms with Crippen LogP contribution < -0.4 is 5.56 Å². The van der Waals surface area contributed by atoms with Gasteiger partial charge in [0.2, 0.25) is 11.8 Å². The zero-order valence-corrected chi connectivity index (χ0v) is 16.0. The van der Waals surface area contributed by atoms with Crippen LogP contribution in [0.4, 0.5) is 0 Å². The standard InChI is InChI=1S/C18H22N4O4S/c1-26-8-7-21-11-12(10-15(21)23)17(24)20-4-2-14-19-16-13(3-9-27-16)18(25)22(14)6-5-20/h3,9,12H,2,4-8,10-11H2,1H3. The summed E-state index contributed by atoms with van der Waals surface area (Å²) in [7, 11) is 1.60. The smallest absolute Gasteiger partial charge is 0.262 e. The maximum Gasteiger partial charge on any atom is 0.262 e. The summed E-state index contributed by atoms with van der Waals surface area (Å²) >= 11 is 1.46. The van der Waals surface area contributed by atoms with E-state index in [1.165, 1.54) is 11.3 Å². The van der Waals surface area contributed by atoms with Crippen molar-refractivity contribution in [3.05, 3.63) is 27.6 Å². The molecule has 0 N–H and O–H groups in total. The summed E-state index contributed by atoms with van der Waals surface area (Å²) in [6, 6.07) is 1.80.